The topological polar surface area (TPSA) is 60.2 Å². The molecule has 0 aliphatic carbocycles. The van der Waals surface area contributed by atoms with Crippen LogP contribution >= 0.6 is 11.6 Å². The molecule has 1 fully saturated rings. The van der Waals surface area contributed by atoms with Gasteiger partial charge in [0.25, 0.3) is 0 Å². The van der Waals surface area contributed by atoms with Crippen molar-refractivity contribution in [3.63, 3.8) is 0 Å². The van der Waals surface area contributed by atoms with Gasteiger partial charge < -0.3 is 15.8 Å². The van der Waals surface area contributed by atoms with Gasteiger partial charge in [-0.2, -0.15) is 0 Å². The Kier molecular flexibility index (Phi) is 3.76. The van der Waals surface area contributed by atoms with Crippen molar-refractivity contribution in [3.05, 3.63) is 53.2 Å². The molecule has 1 aromatic carbocycles. The Labute approximate surface area is 122 Å². The van der Waals surface area contributed by atoms with Crippen molar-refractivity contribution in [2.45, 2.75) is 12.0 Å². The SMILES string of the molecule is Nc1ccc(Cl)nc1N[C@@H]1COC[C@H]1c1ccccc1. The van der Waals surface area contributed by atoms with Gasteiger partial charge in [0.2, 0.25) is 0 Å². The molecule has 4 nitrogen and oxygen atoms in total. The monoisotopic (exact) mass is 289 g/mol. The van der Waals surface area contributed by atoms with Crippen molar-refractivity contribution in [1.29, 1.82) is 0 Å². The fourth-order valence-electron chi connectivity index (χ4n) is 2.46. The summed E-state index contributed by atoms with van der Waals surface area (Å²) in [6, 6.07) is 13.9. The maximum atomic E-state index is 5.93. The highest BCUT2D eigenvalue weighted by Crippen LogP contribution is 2.29. The van der Waals surface area contributed by atoms with E-state index in [0.717, 1.165) is 0 Å². The molecule has 0 radical (unpaired) electrons. The van der Waals surface area contributed by atoms with Crippen LogP contribution in [0, 0.1) is 0 Å². The number of nitrogens with one attached hydrogen (secondary N) is 1. The number of nitrogen functional groups attached to an aromatic ring is 1. The molecule has 2 aromatic rings. The van der Waals surface area contributed by atoms with E-state index in [2.05, 4.69) is 22.4 Å². The largest absolute Gasteiger partial charge is 0.396 e. The normalized spacial score (nSPS) is 21.9. The molecular weight excluding hydrogens is 274 g/mol. The van der Waals surface area contributed by atoms with Gasteiger partial charge in [-0.1, -0.05) is 41.9 Å². The second-order valence-electron chi connectivity index (χ2n) is 4.88. The van der Waals surface area contributed by atoms with Gasteiger partial charge in [0, 0.05) is 5.92 Å². The van der Waals surface area contributed by atoms with Crippen LogP contribution in [0.15, 0.2) is 42.5 Å². The predicted octanol–water partition coefficient (Wildman–Crippen LogP) is 2.91. The number of nitrogens with zero attached hydrogens (tertiary/aromatic N) is 1. The number of pyridine rings is 1. The molecule has 0 amide bonds. The number of halogens is 1. The van der Waals surface area contributed by atoms with Gasteiger partial charge in [0.1, 0.15) is 5.15 Å². The Morgan fingerprint density at radius 1 is 1.15 bits per heavy atom. The Bertz CT molecular complexity index is 591. The lowest BCUT2D eigenvalue weighted by Crippen LogP contribution is -2.27. The molecule has 20 heavy (non-hydrogen) atoms. The van der Waals surface area contributed by atoms with E-state index >= 15 is 0 Å². The Morgan fingerprint density at radius 2 is 1.95 bits per heavy atom. The average molecular weight is 290 g/mol. The summed E-state index contributed by atoms with van der Waals surface area (Å²) in [5.74, 6) is 0.908. The highest BCUT2D eigenvalue weighted by atomic mass is 35.5. The quantitative estimate of drug-likeness (QED) is 0.853. The highest BCUT2D eigenvalue weighted by Gasteiger charge is 2.30. The summed E-state index contributed by atoms with van der Waals surface area (Å²) in [5, 5.41) is 3.78. The van der Waals surface area contributed by atoms with Gasteiger partial charge in [-0.3, -0.25) is 0 Å². The van der Waals surface area contributed by atoms with Crippen molar-refractivity contribution in [2.24, 2.45) is 0 Å². The van der Waals surface area contributed by atoms with Gasteiger partial charge in [0.05, 0.1) is 24.9 Å². The van der Waals surface area contributed by atoms with Crippen molar-refractivity contribution >= 4 is 23.1 Å². The molecule has 3 N–H and O–H groups in total. The Morgan fingerprint density at radius 3 is 2.75 bits per heavy atom. The summed E-state index contributed by atoms with van der Waals surface area (Å²) in [6.45, 7) is 1.33. The molecule has 1 aliphatic rings. The highest BCUT2D eigenvalue weighted by molar-refractivity contribution is 6.29. The summed E-state index contributed by atoms with van der Waals surface area (Å²) in [4.78, 5) is 4.24. The van der Waals surface area contributed by atoms with Gasteiger partial charge in [-0.15, -0.1) is 0 Å². The predicted molar refractivity (Wildman–Crippen MR) is 81.1 cm³/mol. The maximum Gasteiger partial charge on any atom is 0.151 e. The fraction of sp³-hybridized carbons (Fsp3) is 0.267. The van der Waals surface area contributed by atoms with E-state index in [1.54, 1.807) is 12.1 Å². The van der Waals surface area contributed by atoms with Crippen molar-refractivity contribution in [1.82, 2.24) is 4.98 Å². The van der Waals surface area contributed by atoms with E-state index < -0.39 is 0 Å². The van der Waals surface area contributed by atoms with Crippen LogP contribution < -0.4 is 11.1 Å². The molecule has 0 bridgehead atoms. The lowest BCUT2D eigenvalue weighted by atomic mass is 9.94. The van der Waals surface area contributed by atoms with E-state index in [9.17, 15) is 0 Å². The van der Waals surface area contributed by atoms with Crippen LogP contribution in [-0.4, -0.2) is 24.2 Å². The molecule has 1 saturated heterocycles. The summed E-state index contributed by atoms with van der Waals surface area (Å²) in [5.41, 5.74) is 7.77. The minimum atomic E-state index is 0.144. The molecule has 0 spiro atoms. The third-order valence-electron chi connectivity index (χ3n) is 3.52. The van der Waals surface area contributed by atoms with E-state index in [1.165, 1.54) is 5.56 Å². The third-order valence-corrected chi connectivity index (χ3v) is 3.73. The van der Waals surface area contributed by atoms with Crippen LogP contribution in [0.4, 0.5) is 11.5 Å². The zero-order valence-corrected chi connectivity index (χ0v) is 11.7. The number of nitrogens with two attached hydrogens (primary N) is 1. The minimum Gasteiger partial charge on any atom is -0.396 e. The lowest BCUT2D eigenvalue weighted by molar-refractivity contribution is 0.192. The first-order valence-electron chi connectivity index (χ1n) is 6.55. The standard InChI is InChI=1S/C15H16ClN3O/c16-14-7-6-12(17)15(19-14)18-13-9-20-8-11(13)10-4-2-1-3-5-10/h1-7,11,13H,8-9,17H2,(H,18,19)/t11-,13+/m0/s1. The van der Waals surface area contributed by atoms with Crippen LogP contribution in [0.5, 0.6) is 0 Å². The number of aromatic nitrogens is 1. The van der Waals surface area contributed by atoms with Crippen LogP contribution in [-0.2, 0) is 4.74 Å². The first-order valence-corrected chi connectivity index (χ1v) is 6.93. The lowest BCUT2D eigenvalue weighted by Gasteiger charge is -2.20. The van der Waals surface area contributed by atoms with Gasteiger partial charge in [0.15, 0.2) is 5.82 Å². The number of hydrogen-bond donors (Lipinski definition) is 2. The van der Waals surface area contributed by atoms with Gasteiger partial charge in [-0.05, 0) is 17.7 Å². The third kappa shape index (κ3) is 2.71. The molecule has 2 heterocycles. The summed E-state index contributed by atoms with van der Waals surface area (Å²) in [6.07, 6.45) is 0. The van der Waals surface area contributed by atoms with E-state index in [-0.39, 0.29) is 12.0 Å². The second-order valence-corrected chi connectivity index (χ2v) is 5.26. The van der Waals surface area contributed by atoms with Crippen molar-refractivity contribution < 1.29 is 4.74 Å². The molecule has 2 atom stereocenters. The molecule has 1 aromatic heterocycles. The Hall–Kier alpha value is -1.78. The Balaban J connectivity index is 1.81. The summed E-state index contributed by atoms with van der Waals surface area (Å²) in [7, 11) is 0. The maximum absolute atomic E-state index is 5.93. The van der Waals surface area contributed by atoms with Crippen LogP contribution in [0.1, 0.15) is 11.5 Å². The van der Waals surface area contributed by atoms with Crippen molar-refractivity contribution in [2.75, 3.05) is 24.3 Å². The van der Waals surface area contributed by atoms with Gasteiger partial charge >= 0.3 is 0 Å². The van der Waals surface area contributed by atoms with E-state index in [0.29, 0.717) is 29.9 Å². The van der Waals surface area contributed by atoms with E-state index in [4.69, 9.17) is 22.1 Å². The molecule has 0 saturated carbocycles. The molecule has 104 valence electrons. The zero-order valence-electron chi connectivity index (χ0n) is 10.9. The molecule has 3 rings (SSSR count). The molecule has 0 unspecified atom stereocenters. The van der Waals surface area contributed by atoms with Crippen LogP contribution in [0.3, 0.4) is 0 Å². The molecule has 1 aliphatic heterocycles. The first-order chi connectivity index (χ1) is 9.74. The zero-order chi connectivity index (χ0) is 13.9. The number of ether oxygens (including phenoxy) is 1. The van der Waals surface area contributed by atoms with Crippen LogP contribution in [0.2, 0.25) is 5.15 Å². The fourth-order valence-corrected chi connectivity index (χ4v) is 2.61. The first kappa shape index (κ1) is 13.2. The number of hydrogen-bond acceptors (Lipinski definition) is 4. The average Bonchev–Trinajstić information content (AvgIpc) is 2.92. The van der Waals surface area contributed by atoms with Gasteiger partial charge in [-0.25, -0.2) is 4.98 Å². The second kappa shape index (κ2) is 5.69. The number of rotatable bonds is 3. The number of anilines is 2. The van der Waals surface area contributed by atoms with E-state index in [1.807, 2.05) is 18.2 Å². The summed E-state index contributed by atoms with van der Waals surface area (Å²) < 4.78 is 5.60. The minimum absolute atomic E-state index is 0.144. The molecule has 5 heteroatoms. The summed E-state index contributed by atoms with van der Waals surface area (Å²) >= 11 is 5.92. The smallest absolute Gasteiger partial charge is 0.151 e. The number of benzene rings is 1. The molecular formula is C15H16ClN3O. The van der Waals surface area contributed by atoms with Crippen LogP contribution in [0.25, 0.3) is 0 Å². The van der Waals surface area contributed by atoms with Crippen molar-refractivity contribution in [3.8, 4) is 0 Å².